The van der Waals surface area contributed by atoms with E-state index in [0.29, 0.717) is 64.2 Å². The smallest absolute Gasteiger partial charge is 0.243 e. The van der Waals surface area contributed by atoms with Gasteiger partial charge in [-0.2, -0.15) is 0 Å². The predicted octanol–water partition coefficient (Wildman–Crippen LogP) is -3.38. The second-order valence-corrected chi connectivity index (χ2v) is 11.8. The van der Waals surface area contributed by atoms with Gasteiger partial charge in [-0.15, -0.1) is 0 Å². The minimum absolute atomic E-state index is 0.00103. The number of hydrogen-bond donors (Lipinski definition) is 11. The number of aliphatic hydroxyl groups excluding tert-OH is 4. The number of Topliss-reactive ketones (excluding diaryl/α,β-unsaturated/α-hetero) is 1. The van der Waals surface area contributed by atoms with E-state index >= 15 is 0 Å². The van der Waals surface area contributed by atoms with Gasteiger partial charge in [-0.25, -0.2) is 0 Å². The highest BCUT2D eigenvalue weighted by atomic mass is 16.3. The molecule has 11 N–H and O–H groups in total. The van der Waals surface area contributed by atoms with Gasteiger partial charge in [0.05, 0.1) is 31.7 Å². The topological polar surface area (TPSA) is 285 Å². The first-order chi connectivity index (χ1) is 23.9. The summed E-state index contributed by atoms with van der Waals surface area (Å²) in [6.07, 6.45) is 4.58. The number of carbonyl (C=O) groups is 7. The molecule has 0 spiro atoms. The molecule has 6 amide bonds. The predicted molar refractivity (Wildman–Crippen MR) is 182 cm³/mol. The number of unbranched alkanes of at least 4 members (excludes halogenated alkanes) is 4. The van der Waals surface area contributed by atoms with Crippen LogP contribution in [0.3, 0.4) is 0 Å². The molecule has 0 aliphatic carbocycles. The third kappa shape index (κ3) is 22.1. The first-order valence-electron chi connectivity index (χ1n) is 17.3. The first-order valence-corrected chi connectivity index (χ1v) is 17.3. The summed E-state index contributed by atoms with van der Waals surface area (Å²) < 4.78 is 0. The van der Waals surface area contributed by atoms with Crippen molar-refractivity contribution < 1.29 is 54.0 Å². The van der Waals surface area contributed by atoms with Crippen LogP contribution in [0, 0.1) is 0 Å². The molecule has 0 aromatic rings. The SMILES string of the molecule is CNC(CCCCO)C(=O)NCC(=O)NC(CCCCO)C(=O)NCC(=O)NC(CCCCO)C(=O)NCC(=O)NC(CCCCO)C(C)=O. The van der Waals surface area contributed by atoms with E-state index in [-0.39, 0.29) is 45.1 Å². The highest BCUT2D eigenvalue weighted by Gasteiger charge is 2.25. The van der Waals surface area contributed by atoms with E-state index in [4.69, 9.17) is 20.4 Å². The summed E-state index contributed by atoms with van der Waals surface area (Å²) >= 11 is 0. The van der Waals surface area contributed by atoms with Crippen LogP contribution >= 0.6 is 0 Å². The van der Waals surface area contributed by atoms with Crippen LogP contribution < -0.4 is 37.2 Å². The Morgan fingerprint density at radius 1 is 0.440 bits per heavy atom. The van der Waals surface area contributed by atoms with Crippen molar-refractivity contribution >= 4 is 41.2 Å². The fourth-order valence-corrected chi connectivity index (χ4v) is 4.77. The van der Waals surface area contributed by atoms with Crippen LogP contribution in [0.5, 0.6) is 0 Å². The summed E-state index contributed by atoms with van der Waals surface area (Å²) in [5, 5.41) is 54.0. The molecule has 0 aromatic heterocycles. The van der Waals surface area contributed by atoms with E-state index in [0.717, 1.165) is 0 Å². The van der Waals surface area contributed by atoms with Crippen LogP contribution in [-0.4, -0.2) is 139 Å². The molecule has 50 heavy (non-hydrogen) atoms. The van der Waals surface area contributed by atoms with E-state index in [1.807, 2.05) is 0 Å². The monoisotopic (exact) mass is 717 g/mol. The number of likely N-dealkylation sites (N-methyl/N-ethyl adjacent to an activating group) is 1. The molecule has 18 nitrogen and oxygen atoms in total. The van der Waals surface area contributed by atoms with Gasteiger partial charge in [-0.05, 0) is 91.0 Å². The van der Waals surface area contributed by atoms with E-state index in [2.05, 4.69) is 37.2 Å². The van der Waals surface area contributed by atoms with Gasteiger partial charge >= 0.3 is 0 Å². The van der Waals surface area contributed by atoms with Gasteiger partial charge in [0.25, 0.3) is 0 Å². The van der Waals surface area contributed by atoms with Crippen LogP contribution in [0.2, 0.25) is 0 Å². The van der Waals surface area contributed by atoms with Crippen LogP contribution in [0.25, 0.3) is 0 Å². The molecule has 0 saturated carbocycles. The Balaban J connectivity index is 5.19. The fraction of sp³-hybridized carbons (Fsp3) is 0.781. The molecule has 4 unspecified atom stereocenters. The molecule has 0 fully saturated rings. The van der Waals surface area contributed by atoms with Gasteiger partial charge in [0.15, 0.2) is 5.78 Å². The second-order valence-electron chi connectivity index (χ2n) is 11.8. The molecule has 0 radical (unpaired) electrons. The fourth-order valence-electron chi connectivity index (χ4n) is 4.77. The molecule has 4 atom stereocenters. The maximum Gasteiger partial charge on any atom is 0.243 e. The Kier molecular flexibility index (Phi) is 26.9. The lowest BCUT2D eigenvalue weighted by molar-refractivity contribution is -0.132. The number of ketones is 1. The third-order valence-corrected chi connectivity index (χ3v) is 7.67. The van der Waals surface area contributed by atoms with Gasteiger partial charge in [-0.3, -0.25) is 33.6 Å². The Labute approximate surface area is 293 Å². The average molecular weight is 718 g/mol. The van der Waals surface area contributed by atoms with Crippen molar-refractivity contribution in [2.75, 3.05) is 53.1 Å². The van der Waals surface area contributed by atoms with Gasteiger partial charge in [0, 0.05) is 26.4 Å². The van der Waals surface area contributed by atoms with E-state index in [9.17, 15) is 33.6 Å². The normalized spacial score (nSPS) is 13.2. The zero-order valence-electron chi connectivity index (χ0n) is 29.4. The summed E-state index contributed by atoms with van der Waals surface area (Å²) in [6.45, 7) is -0.439. The highest BCUT2D eigenvalue weighted by Crippen LogP contribution is 2.05. The number of amides is 6. The molecule has 0 aromatic carbocycles. The van der Waals surface area contributed by atoms with Crippen molar-refractivity contribution in [3.05, 3.63) is 0 Å². The molecular formula is C32H59N7O11. The largest absolute Gasteiger partial charge is 0.396 e. The molecule has 0 aliphatic rings. The summed E-state index contributed by atoms with van der Waals surface area (Å²) in [5.74, 6) is -4.10. The van der Waals surface area contributed by atoms with Crippen molar-refractivity contribution in [1.29, 1.82) is 0 Å². The maximum atomic E-state index is 13.0. The lowest BCUT2D eigenvalue weighted by atomic mass is 10.1. The van der Waals surface area contributed by atoms with E-state index in [1.54, 1.807) is 7.05 Å². The summed E-state index contributed by atoms with van der Waals surface area (Å²) in [6, 6.07) is -3.55. The number of hydrogen-bond acceptors (Lipinski definition) is 12. The van der Waals surface area contributed by atoms with Crippen LogP contribution in [0.4, 0.5) is 0 Å². The Hall–Kier alpha value is -3.71. The first kappa shape index (κ1) is 46.3. The van der Waals surface area contributed by atoms with Gasteiger partial charge in [0.2, 0.25) is 35.4 Å². The van der Waals surface area contributed by atoms with Gasteiger partial charge in [0.1, 0.15) is 12.1 Å². The third-order valence-electron chi connectivity index (χ3n) is 7.67. The quantitative estimate of drug-likeness (QED) is 0.0325. The lowest BCUT2D eigenvalue weighted by Crippen LogP contribution is -2.54. The molecule has 0 rings (SSSR count). The number of aliphatic hydroxyl groups is 4. The molecule has 0 heterocycles. The standard InChI is InChI=1S/C32H59N7O11/c1-22(44)23(11-3-7-15-40)37-27(45)19-35-31(49)25(13-5-9-17-42)39-29(47)21-36-32(50)26(14-6-10-18-43)38-28(46)20-34-30(48)24(33-2)12-4-8-16-41/h23-26,33,40-43H,3-21H2,1-2H3,(H,34,48)(H,35,49)(H,36,50)(H,37,45)(H,38,46)(H,39,47). The molecule has 0 saturated heterocycles. The van der Waals surface area contributed by atoms with Crippen LogP contribution in [-0.2, 0) is 33.6 Å². The van der Waals surface area contributed by atoms with Gasteiger partial charge < -0.3 is 57.6 Å². The molecule has 288 valence electrons. The van der Waals surface area contributed by atoms with Crippen LogP contribution in [0.15, 0.2) is 0 Å². The highest BCUT2D eigenvalue weighted by molar-refractivity contribution is 5.95. The van der Waals surface area contributed by atoms with Gasteiger partial charge in [-0.1, -0.05) is 0 Å². The zero-order chi connectivity index (χ0) is 37.7. The summed E-state index contributed by atoms with van der Waals surface area (Å²) in [7, 11) is 1.60. The minimum atomic E-state index is -1.11. The van der Waals surface area contributed by atoms with Crippen molar-refractivity contribution in [1.82, 2.24) is 37.2 Å². The molecule has 18 heteroatoms. The average Bonchev–Trinajstić information content (AvgIpc) is 3.09. The number of rotatable bonds is 30. The second kappa shape index (κ2) is 29.1. The van der Waals surface area contributed by atoms with Crippen molar-refractivity contribution in [3.63, 3.8) is 0 Å². The van der Waals surface area contributed by atoms with Crippen molar-refractivity contribution in [2.45, 2.75) is 108 Å². The molecular weight excluding hydrogens is 658 g/mol. The summed E-state index contributed by atoms with van der Waals surface area (Å²) in [4.78, 5) is 88.0. The zero-order valence-corrected chi connectivity index (χ0v) is 29.4. The van der Waals surface area contributed by atoms with Crippen LogP contribution in [0.1, 0.15) is 84.0 Å². The lowest BCUT2D eigenvalue weighted by Gasteiger charge is -2.21. The number of carbonyl (C=O) groups excluding carboxylic acids is 7. The van der Waals surface area contributed by atoms with Crippen molar-refractivity contribution in [3.8, 4) is 0 Å². The molecule has 0 bridgehead atoms. The van der Waals surface area contributed by atoms with E-state index in [1.165, 1.54) is 6.92 Å². The van der Waals surface area contributed by atoms with E-state index < -0.39 is 79.2 Å². The minimum Gasteiger partial charge on any atom is -0.396 e. The Bertz CT molecular complexity index is 1050. The maximum absolute atomic E-state index is 13.0. The summed E-state index contributed by atoms with van der Waals surface area (Å²) in [5.41, 5.74) is 0. The van der Waals surface area contributed by atoms with Crippen molar-refractivity contribution in [2.24, 2.45) is 0 Å². The Morgan fingerprint density at radius 3 is 1.02 bits per heavy atom. The molecule has 0 aliphatic heterocycles. The number of nitrogens with one attached hydrogen (secondary N) is 7. The Morgan fingerprint density at radius 2 is 0.720 bits per heavy atom.